The van der Waals surface area contributed by atoms with Crippen LogP contribution in [0, 0.1) is 10.1 Å². The molecule has 142 valence electrons. The van der Waals surface area contributed by atoms with E-state index in [-0.39, 0.29) is 12.1 Å². The number of para-hydroxylation sites is 1. The zero-order valence-corrected chi connectivity index (χ0v) is 15.5. The van der Waals surface area contributed by atoms with Crippen LogP contribution in [0.4, 0.5) is 5.69 Å². The van der Waals surface area contributed by atoms with Gasteiger partial charge >= 0.3 is 0 Å². The summed E-state index contributed by atoms with van der Waals surface area (Å²) < 4.78 is 10.7. The second-order valence-corrected chi connectivity index (χ2v) is 5.73. The van der Waals surface area contributed by atoms with Crippen LogP contribution in [0.2, 0.25) is 5.02 Å². The Morgan fingerprint density at radius 3 is 2.78 bits per heavy atom. The van der Waals surface area contributed by atoms with Gasteiger partial charge in [-0.25, -0.2) is 5.43 Å². The Morgan fingerprint density at radius 2 is 2.11 bits per heavy atom. The summed E-state index contributed by atoms with van der Waals surface area (Å²) in [7, 11) is 1.49. The molecule has 2 aromatic carbocycles. The molecule has 0 aromatic heterocycles. The molecule has 8 nitrogen and oxygen atoms in total. The van der Waals surface area contributed by atoms with Gasteiger partial charge in [-0.2, -0.15) is 5.10 Å². The van der Waals surface area contributed by atoms with Gasteiger partial charge in [0, 0.05) is 11.6 Å². The number of ether oxygens (including phenoxy) is 2. The second-order valence-electron chi connectivity index (χ2n) is 5.32. The maximum atomic E-state index is 12.0. The van der Waals surface area contributed by atoms with Crippen LogP contribution in [-0.4, -0.2) is 30.8 Å². The Kier molecular flexibility index (Phi) is 7.13. The summed E-state index contributed by atoms with van der Waals surface area (Å²) >= 11 is 6.15. The summed E-state index contributed by atoms with van der Waals surface area (Å²) in [6.07, 6.45) is 1.23. The lowest BCUT2D eigenvalue weighted by Crippen LogP contribution is -2.20. The molecule has 1 amide bonds. The minimum atomic E-state index is -0.527. The van der Waals surface area contributed by atoms with E-state index in [9.17, 15) is 14.9 Å². The molecule has 0 spiro atoms. The van der Waals surface area contributed by atoms with Crippen LogP contribution in [-0.2, 0) is 11.2 Å². The van der Waals surface area contributed by atoms with E-state index in [0.29, 0.717) is 34.3 Å². The minimum absolute atomic E-state index is 0.111. The van der Waals surface area contributed by atoms with Crippen LogP contribution in [0.15, 0.2) is 41.5 Å². The van der Waals surface area contributed by atoms with Gasteiger partial charge in [0.2, 0.25) is 5.91 Å². The van der Waals surface area contributed by atoms with Crippen molar-refractivity contribution in [2.45, 2.75) is 13.3 Å². The summed E-state index contributed by atoms with van der Waals surface area (Å²) in [5.74, 6) is 0.390. The maximum absolute atomic E-state index is 12.0. The van der Waals surface area contributed by atoms with E-state index in [1.807, 2.05) is 6.92 Å². The third-order valence-corrected chi connectivity index (χ3v) is 3.76. The molecular weight excluding hydrogens is 374 g/mol. The van der Waals surface area contributed by atoms with Crippen molar-refractivity contribution in [1.82, 2.24) is 5.43 Å². The van der Waals surface area contributed by atoms with Gasteiger partial charge in [0.25, 0.3) is 5.69 Å². The van der Waals surface area contributed by atoms with E-state index in [2.05, 4.69) is 10.5 Å². The van der Waals surface area contributed by atoms with Crippen molar-refractivity contribution in [1.29, 1.82) is 0 Å². The molecule has 0 aliphatic carbocycles. The third kappa shape index (κ3) is 5.42. The molecule has 2 rings (SSSR count). The van der Waals surface area contributed by atoms with Crippen molar-refractivity contribution in [3.05, 3.63) is 62.7 Å². The molecule has 0 radical (unpaired) electrons. The Balaban J connectivity index is 2.07. The van der Waals surface area contributed by atoms with Crippen LogP contribution in [0.5, 0.6) is 11.5 Å². The normalized spacial score (nSPS) is 10.6. The second kappa shape index (κ2) is 9.54. The van der Waals surface area contributed by atoms with Crippen LogP contribution in [0.1, 0.15) is 18.1 Å². The summed E-state index contributed by atoms with van der Waals surface area (Å²) in [5.41, 5.74) is 3.13. The molecule has 2 aromatic rings. The lowest BCUT2D eigenvalue weighted by Gasteiger charge is -2.11. The largest absolute Gasteiger partial charge is 0.491 e. The van der Waals surface area contributed by atoms with Crippen molar-refractivity contribution in [2.75, 3.05) is 13.7 Å². The Hall–Kier alpha value is -3.13. The standard InChI is InChI=1S/C18H18ClN3O5/c1-3-27-16-9-12(8-14(19)18(16)26-2)11-20-21-17(23)10-13-6-4-5-7-15(13)22(24)25/h4-9,11H,3,10H2,1-2H3,(H,21,23). The molecule has 27 heavy (non-hydrogen) atoms. The fourth-order valence-electron chi connectivity index (χ4n) is 2.35. The first-order valence-corrected chi connectivity index (χ1v) is 8.38. The van der Waals surface area contributed by atoms with Gasteiger partial charge in [-0.1, -0.05) is 29.8 Å². The fourth-order valence-corrected chi connectivity index (χ4v) is 2.65. The molecular formula is C18H18ClN3O5. The average Bonchev–Trinajstić information content (AvgIpc) is 2.62. The number of nitro groups is 1. The van der Waals surface area contributed by atoms with Crippen LogP contribution in [0.3, 0.4) is 0 Å². The average molecular weight is 392 g/mol. The summed E-state index contributed by atoms with van der Waals surface area (Å²) in [4.78, 5) is 22.5. The van der Waals surface area contributed by atoms with Crippen molar-refractivity contribution in [2.24, 2.45) is 5.10 Å². The van der Waals surface area contributed by atoms with Crippen molar-refractivity contribution in [3.8, 4) is 11.5 Å². The Labute approximate surface area is 160 Å². The summed E-state index contributed by atoms with van der Waals surface area (Å²) in [6, 6.07) is 9.33. The number of nitrogens with zero attached hydrogens (tertiary/aromatic N) is 2. The first-order valence-electron chi connectivity index (χ1n) is 8.00. The predicted molar refractivity (Wildman–Crippen MR) is 102 cm³/mol. The summed E-state index contributed by atoms with van der Waals surface area (Å²) in [6.45, 7) is 2.26. The molecule has 0 aliphatic heterocycles. The number of hydrogen-bond donors (Lipinski definition) is 1. The first-order chi connectivity index (χ1) is 13.0. The van der Waals surface area contributed by atoms with E-state index in [1.54, 1.807) is 24.3 Å². The minimum Gasteiger partial charge on any atom is -0.491 e. The molecule has 1 N–H and O–H groups in total. The molecule has 0 heterocycles. The fraction of sp³-hybridized carbons (Fsp3) is 0.222. The molecule has 0 aliphatic rings. The lowest BCUT2D eigenvalue weighted by atomic mass is 10.1. The van der Waals surface area contributed by atoms with Crippen molar-refractivity contribution < 1.29 is 19.2 Å². The van der Waals surface area contributed by atoms with E-state index >= 15 is 0 Å². The zero-order chi connectivity index (χ0) is 19.8. The number of hydrogen-bond acceptors (Lipinski definition) is 6. The number of nitro benzene ring substituents is 1. The number of carbonyl (C=O) groups is 1. The van der Waals surface area contributed by atoms with Gasteiger partial charge in [0.05, 0.1) is 36.3 Å². The van der Waals surface area contributed by atoms with Gasteiger partial charge < -0.3 is 9.47 Å². The van der Waals surface area contributed by atoms with E-state index < -0.39 is 10.8 Å². The smallest absolute Gasteiger partial charge is 0.273 e. The van der Waals surface area contributed by atoms with Gasteiger partial charge in [-0.3, -0.25) is 14.9 Å². The van der Waals surface area contributed by atoms with Crippen LogP contribution < -0.4 is 14.9 Å². The van der Waals surface area contributed by atoms with Gasteiger partial charge in [-0.05, 0) is 24.6 Å². The monoisotopic (exact) mass is 391 g/mol. The quantitative estimate of drug-likeness (QED) is 0.422. The molecule has 0 bridgehead atoms. The number of methoxy groups -OCH3 is 1. The number of nitrogens with one attached hydrogen (secondary N) is 1. The first kappa shape index (κ1) is 20.2. The molecule has 0 saturated carbocycles. The summed E-state index contributed by atoms with van der Waals surface area (Å²) in [5, 5.41) is 15.2. The van der Waals surface area contributed by atoms with Gasteiger partial charge in [0.1, 0.15) is 0 Å². The third-order valence-electron chi connectivity index (χ3n) is 3.48. The van der Waals surface area contributed by atoms with Crippen LogP contribution >= 0.6 is 11.6 Å². The Morgan fingerprint density at radius 1 is 1.37 bits per heavy atom. The highest BCUT2D eigenvalue weighted by Crippen LogP contribution is 2.35. The maximum Gasteiger partial charge on any atom is 0.273 e. The van der Waals surface area contributed by atoms with E-state index in [1.165, 1.54) is 25.5 Å². The molecule has 0 fully saturated rings. The van der Waals surface area contributed by atoms with Crippen molar-refractivity contribution in [3.63, 3.8) is 0 Å². The molecule has 0 unspecified atom stereocenters. The van der Waals surface area contributed by atoms with E-state index in [4.69, 9.17) is 21.1 Å². The number of benzene rings is 2. The number of halogens is 1. The topological polar surface area (TPSA) is 103 Å². The Bertz CT molecular complexity index is 870. The number of rotatable bonds is 8. The van der Waals surface area contributed by atoms with Crippen molar-refractivity contribution >= 4 is 29.4 Å². The van der Waals surface area contributed by atoms with Gasteiger partial charge in [0.15, 0.2) is 11.5 Å². The highest BCUT2D eigenvalue weighted by Gasteiger charge is 2.15. The molecule has 0 atom stereocenters. The molecule has 9 heteroatoms. The number of hydrazone groups is 1. The molecule has 0 saturated heterocycles. The lowest BCUT2D eigenvalue weighted by molar-refractivity contribution is -0.385. The highest BCUT2D eigenvalue weighted by atomic mass is 35.5. The number of amides is 1. The van der Waals surface area contributed by atoms with Gasteiger partial charge in [-0.15, -0.1) is 0 Å². The highest BCUT2D eigenvalue weighted by molar-refractivity contribution is 6.32. The predicted octanol–water partition coefficient (Wildman–Crippen LogP) is 3.35. The zero-order valence-electron chi connectivity index (χ0n) is 14.8. The number of carbonyl (C=O) groups excluding carboxylic acids is 1. The SMILES string of the molecule is CCOc1cc(C=NNC(=O)Cc2ccccc2[N+](=O)[O-])cc(Cl)c1OC. The van der Waals surface area contributed by atoms with Crippen LogP contribution in [0.25, 0.3) is 0 Å². The van der Waals surface area contributed by atoms with E-state index in [0.717, 1.165) is 0 Å².